The number of alkyl halides is 3. The van der Waals surface area contributed by atoms with Gasteiger partial charge in [-0.2, -0.15) is 18.3 Å². The monoisotopic (exact) mass is 249 g/mol. The quantitative estimate of drug-likeness (QED) is 0.874. The van der Waals surface area contributed by atoms with Crippen molar-refractivity contribution in [2.45, 2.75) is 19.0 Å². The highest BCUT2D eigenvalue weighted by Gasteiger charge is 2.34. The number of aromatic nitrogens is 2. The van der Waals surface area contributed by atoms with E-state index < -0.39 is 17.3 Å². The first-order valence-electron chi connectivity index (χ1n) is 5.11. The molecule has 0 aliphatic rings. The third-order valence-electron chi connectivity index (χ3n) is 2.21. The van der Waals surface area contributed by atoms with Gasteiger partial charge in [-0.25, -0.2) is 5.10 Å². The van der Waals surface area contributed by atoms with Crippen molar-refractivity contribution in [2.24, 2.45) is 0 Å². The number of hydrogen-bond donors (Lipinski definition) is 1. The van der Waals surface area contributed by atoms with E-state index in [1.165, 1.54) is 0 Å². The molecule has 1 N–H and O–H groups in total. The molecule has 0 amide bonds. The van der Waals surface area contributed by atoms with Gasteiger partial charge < -0.3 is 4.90 Å². The highest BCUT2D eigenvalue weighted by molar-refractivity contribution is 5.21. The van der Waals surface area contributed by atoms with E-state index in [1.54, 1.807) is 0 Å². The summed E-state index contributed by atoms with van der Waals surface area (Å²) in [7, 11) is 3.68. The van der Waals surface area contributed by atoms with E-state index in [9.17, 15) is 18.0 Å². The average molecular weight is 249 g/mol. The number of H-pyrrole nitrogens is 1. The molecule has 0 saturated carbocycles. The Labute approximate surface area is 96.4 Å². The molecule has 0 radical (unpaired) electrons. The van der Waals surface area contributed by atoms with Crippen molar-refractivity contribution in [1.82, 2.24) is 15.1 Å². The van der Waals surface area contributed by atoms with Gasteiger partial charge in [0.1, 0.15) is 0 Å². The van der Waals surface area contributed by atoms with Crippen LogP contribution >= 0.6 is 0 Å². The lowest BCUT2D eigenvalue weighted by molar-refractivity contribution is -0.138. The fourth-order valence-electron chi connectivity index (χ4n) is 1.43. The van der Waals surface area contributed by atoms with E-state index in [0.29, 0.717) is 19.0 Å². The van der Waals surface area contributed by atoms with Crippen molar-refractivity contribution in [2.75, 3.05) is 20.6 Å². The zero-order valence-electron chi connectivity index (χ0n) is 9.64. The third kappa shape index (κ3) is 4.18. The van der Waals surface area contributed by atoms with Gasteiger partial charge in [0.25, 0.3) is 5.56 Å². The van der Waals surface area contributed by atoms with E-state index in [4.69, 9.17) is 0 Å². The summed E-state index contributed by atoms with van der Waals surface area (Å²) in [6.07, 6.45) is -3.80. The molecule has 0 unspecified atom stereocenters. The Balaban J connectivity index is 2.88. The number of nitrogens with one attached hydrogen (secondary N) is 1. The van der Waals surface area contributed by atoms with E-state index in [1.807, 2.05) is 24.1 Å². The Hall–Kier alpha value is -1.37. The van der Waals surface area contributed by atoms with Crippen LogP contribution in [0.4, 0.5) is 13.2 Å². The fraction of sp³-hybridized carbons (Fsp3) is 0.600. The Kier molecular flexibility index (Phi) is 4.28. The van der Waals surface area contributed by atoms with Gasteiger partial charge >= 0.3 is 6.18 Å². The molecule has 0 aliphatic carbocycles. The molecule has 0 atom stereocenters. The molecule has 7 heteroatoms. The second-order valence-electron chi connectivity index (χ2n) is 4.00. The third-order valence-corrected chi connectivity index (χ3v) is 2.21. The number of halogens is 3. The maximum Gasteiger partial charge on any atom is 0.418 e. The minimum Gasteiger partial charge on any atom is -0.309 e. The van der Waals surface area contributed by atoms with Gasteiger partial charge in [0, 0.05) is 6.07 Å². The van der Waals surface area contributed by atoms with Crippen LogP contribution in [0.3, 0.4) is 0 Å². The van der Waals surface area contributed by atoms with Crippen LogP contribution in [0.5, 0.6) is 0 Å². The normalized spacial score (nSPS) is 12.1. The van der Waals surface area contributed by atoms with Crippen LogP contribution in [0.25, 0.3) is 0 Å². The number of aryl methyl sites for hydroxylation is 1. The van der Waals surface area contributed by atoms with Gasteiger partial charge in [0.15, 0.2) is 0 Å². The Morgan fingerprint density at radius 1 is 1.41 bits per heavy atom. The topological polar surface area (TPSA) is 49.0 Å². The van der Waals surface area contributed by atoms with Crippen LogP contribution in [-0.2, 0) is 12.6 Å². The van der Waals surface area contributed by atoms with Crippen LogP contribution in [0.2, 0.25) is 0 Å². The molecule has 96 valence electrons. The van der Waals surface area contributed by atoms with Crippen LogP contribution < -0.4 is 5.56 Å². The second-order valence-corrected chi connectivity index (χ2v) is 4.00. The van der Waals surface area contributed by atoms with Gasteiger partial charge in [-0.05, 0) is 33.5 Å². The molecular weight excluding hydrogens is 235 g/mol. The molecule has 1 aromatic rings. The first-order valence-corrected chi connectivity index (χ1v) is 5.11. The Bertz CT molecular complexity index is 426. The second kappa shape index (κ2) is 5.31. The summed E-state index contributed by atoms with van der Waals surface area (Å²) in [4.78, 5) is 12.7. The smallest absolute Gasteiger partial charge is 0.309 e. The molecule has 0 aliphatic heterocycles. The summed E-state index contributed by atoms with van der Waals surface area (Å²) < 4.78 is 37.8. The largest absolute Gasteiger partial charge is 0.418 e. The van der Waals surface area contributed by atoms with Crippen LogP contribution in [0, 0.1) is 0 Å². The van der Waals surface area contributed by atoms with E-state index in [-0.39, 0.29) is 12.1 Å². The maximum atomic E-state index is 12.6. The van der Waals surface area contributed by atoms with Gasteiger partial charge in [-0.3, -0.25) is 4.79 Å². The summed E-state index contributed by atoms with van der Waals surface area (Å²) in [5, 5.41) is 5.50. The molecule has 1 aromatic heterocycles. The van der Waals surface area contributed by atoms with Crippen molar-refractivity contribution in [3.63, 3.8) is 0 Å². The van der Waals surface area contributed by atoms with Crippen molar-refractivity contribution in [3.8, 4) is 0 Å². The van der Waals surface area contributed by atoms with Crippen molar-refractivity contribution < 1.29 is 13.2 Å². The lowest BCUT2D eigenvalue weighted by Gasteiger charge is -2.12. The molecule has 17 heavy (non-hydrogen) atoms. The fourth-order valence-corrected chi connectivity index (χ4v) is 1.43. The zero-order chi connectivity index (χ0) is 13.1. The lowest BCUT2D eigenvalue weighted by Crippen LogP contribution is -2.20. The predicted octanol–water partition coefficient (Wildman–Crippen LogP) is 1.28. The minimum atomic E-state index is -4.53. The van der Waals surface area contributed by atoms with E-state index >= 15 is 0 Å². The standard InChI is InChI=1S/C10H14F3N3O/c1-16(2)5-3-4-8-7(10(11,12)13)6-9(17)15-14-8/h6H,3-5H2,1-2H3,(H,15,17). The Morgan fingerprint density at radius 2 is 2.06 bits per heavy atom. The first kappa shape index (κ1) is 13.7. The van der Waals surface area contributed by atoms with E-state index in [0.717, 1.165) is 0 Å². The predicted molar refractivity (Wildman–Crippen MR) is 56.7 cm³/mol. The van der Waals surface area contributed by atoms with Crippen molar-refractivity contribution >= 4 is 0 Å². The highest BCUT2D eigenvalue weighted by Crippen LogP contribution is 2.30. The SMILES string of the molecule is CN(C)CCCc1n[nH]c(=O)cc1C(F)(F)F. The minimum absolute atomic E-state index is 0.112. The highest BCUT2D eigenvalue weighted by atomic mass is 19.4. The van der Waals surface area contributed by atoms with Crippen molar-refractivity contribution in [3.05, 3.63) is 27.7 Å². The lowest BCUT2D eigenvalue weighted by atomic mass is 10.1. The number of hydrogen-bond acceptors (Lipinski definition) is 3. The molecule has 0 fully saturated rings. The first-order chi connectivity index (χ1) is 7.80. The van der Waals surface area contributed by atoms with Gasteiger partial charge in [-0.15, -0.1) is 0 Å². The van der Waals surface area contributed by atoms with E-state index in [2.05, 4.69) is 5.10 Å². The summed E-state index contributed by atoms with van der Waals surface area (Å²) in [5.74, 6) is 0. The average Bonchev–Trinajstić information content (AvgIpc) is 2.18. The molecule has 1 heterocycles. The maximum absolute atomic E-state index is 12.6. The summed E-state index contributed by atoms with van der Waals surface area (Å²) in [5.41, 5.74) is -1.90. The molecule has 4 nitrogen and oxygen atoms in total. The summed E-state index contributed by atoms with van der Waals surface area (Å²) >= 11 is 0. The van der Waals surface area contributed by atoms with Crippen LogP contribution in [0.15, 0.2) is 10.9 Å². The molecule has 0 bridgehead atoms. The number of rotatable bonds is 4. The molecule has 1 rings (SSSR count). The molecule has 0 aromatic carbocycles. The molecular formula is C10H14F3N3O. The molecule has 0 spiro atoms. The van der Waals surface area contributed by atoms with Crippen LogP contribution in [0.1, 0.15) is 17.7 Å². The van der Waals surface area contributed by atoms with Gasteiger partial charge in [0.05, 0.1) is 11.3 Å². The number of aromatic amines is 1. The Morgan fingerprint density at radius 3 is 2.59 bits per heavy atom. The molecule has 0 saturated heterocycles. The number of nitrogens with zero attached hydrogens (tertiary/aromatic N) is 2. The zero-order valence-corrected chi connectivity index (χ0v) is 9.64. The van der Waals surface area contributed by atoms with Gasteiger partial charge in [-0.1, -0.05) is 0 Å². The van der Waals surface area contributed by atoms with Crippen molar-refractivity contribution in [1.29, 1.82) is 0 Å². The summed E-state index contributed by atoms with van der Waals surface area (Å²) in [6.45, 7) is 0.665. The van der Waals surface area contributed by atoms with Gasteiger partial charge in [0.2, 0.25) is 0 Å². The summed E-state index contributed by atoms with van der Waals surface area (Å²) in [6, 6.07) is 0.554. The van der Waals surface area contributed by atoms with Crippen LogP contribution in [-0.4, -0.2) is 35.7 Å².